The van der Waals surface area contributed by atoms with Gasteiger partial charge in [-0.05, 0) is 42.7 Å². The highest BCUT2D eigenvalue weighted by atomic mass is 32.2. The highest BCUT2D eigenvalue weighted by molar-refractivity contribution is 7.98. The Hall–Kier alpha value is -3.26. The summed E-state index contributed by atoms with van der Waals surface area (Å²) in [6.07, 6.45) is 7.56. The van der Waals surface area contributed by atoms with Crippen molar-refractivity contribution in [3.05, 3.63) is 67.3 Å². The van der Waals surface area contributed by atoms with E-state index in [1.54, 1.807) is 35.3 Å². The van der Waals surface area contributed by atoms with Crippen molar-refractivity contribution in [3.8, 4) is 5.75 Å². The Labute approximate surface area is 185 Å². The molecule has 1 N–H and O–H groups in total. The van der Waals surface area contributed by atoms with Crippen LogP contribution in [0.3, 0.4) is 0 Å². The number of benzene rings is 2. The van der Waals surface area contributed by atoms with Crippen molar-refractivity contribution in [1.82, 2.24) is 9.55 Å². The molecule has 0 spiro atoms. The zero-order valence-electron chi connectivity index (χ0n) is 17.2. The molecular weight excluding hydrogens is 412 g/mol. The smallest absolute Gasteiger partial charge is 0.229 e. The normalized spacial score (nSPS) is 15.8. The second-order valence-corrected chi connectivity index (χ2v) is 8.15. The molecule has 3 aromatic rings. The van der Waals surface area contributed by atoms with Crippen LogP contribution in [0.2, 0.25) is 0 Å². The number of nitrogens with zero attached hydrogens (tertiary/aromatic N) is 3. The first-order valence-electron chi connectivity index (χ1n) is 10.1. The molecule has 160 valence electrons. The van der Waals surface area contributed by atoms with Crippen molar-refractivity contribution in [1.29, 1.82) is 0 Å². The van der Waals surface area contributed by atoms with E-state index >= 15 is 0 Å². The fourth-order valence-electron chi connectivity index (χ4n) is 3.49. The molecule has 0 bridgehead atoms. The largest absolute Gasteiger partial charge is 0.492 e. The van der Waals surface area contributed by atoms with E-state index in [1.165, 1.54) is 0 Å². The molecule has 2 aromatic carbocycles. The Morgan fingerprint density at radius 1 is 1.26 bits per heavy atom. The lowest BCUT2D eigenvalue weighted by molar-refractivity contribution is -0.122. The molecule has 1 aliphatic heterocycles. The molecule has 1 fully saturated rings. The number of carbonyl (C=O) groups is 2. The van der Waals surface area contributed by atoms with Gasteiger partial charge in [-0.2, -0.15) is 0 Å². The minimum Gasteiger partial charge on any atom is -0.492 e. The number of amides is 2. The number of anilines is 2. The van der Waals surface area contributed by atoms with Gasteiger partial charge < -0.3 is 19.5 Å². The third-order valence-electron chi connectivity index (χ3n) is 5.16. The zero-order chi connectivity index (χ0) is 21.6. The molecule has 31 heavy (non-hydrogen) atoms. The Kier molecular flexibility index (Phi) is 6.57. The number of hydrogen-bond acceptors (Lipinski definition) is 5. The van der Waals surface area contributed by atoms with Gasteiger partial charge in [-0.3, -0.25) is 9.59 Å². The highest BCUT2D eigenvalue weighted by Crippen LogP contribution is 2.28. The lowest BCUT2D eigenvalue weighted by Gasteiger charge is -2.17. The minimum absolute atomic E-state index is 0.0337. The summed E-state index contributed by atoms with van der Waals surface area (Å²) in [4.78, 5) is 32.1. The summed E-state index contributed by atoms with van der Waals surface area (Å²) in [7, 11) is 0. The van der Waals surface area contributed by atoms with Gasteiger partial charge in [-0.15, -0.1) is 11.8 Å². The van der Waals surface area contributed by atoms with Crippen molar-refractivity contribution < 1.29 is 14.3 Å². The van der Waals surface area contributed by atoms with Crippen LogP contribution in [0.5, 0.6) is 5.75 Å². The maximum atomic E-state index is 12.8. The van der Waals surface area contributed by atoms with Crippen LogP contribution in [0.4, 0.5) is 11.4 Å². The molecule has 1 aromatic heterocycles. The first-order chi connectivity index (χ1) is 15.1. The van der Waals surface area contributed by atoms with E-state index in [4.69, 9.17) is 4.74 Å². The van der Waals surface area contributed by atoms with E-state index < -0.39 is 5.92 Å². The summed E-state index contributed by atoms with van der Waals surface area (Å²) in [5.41, 5.74) is 1.48. The summed E-state index contributed by atoms with van der Waals surface area (Å²) >= 11 is 1.65. The van der Waals surface area contributed by atoms with Crippen LogP contribution >= 0.6 is 11.8 Å². The molecule has 1 unspecified atom stereocenters. The molecule has 0 radical (unpaired) electrons. The van der Waals surface area contributed by atoms with Crippen molar-refractivity contribution in [2.75, 3.05) is 29.6 Å². The molecule has 0 aliphatic carbocycles. The van der Waals surface area contributed by atoms with Crippen LogP contribution in [-0.2, 0) is 16.1 Å². The van der Waals surface area contributed by atoms with E-state index in [0.29, 0.717) is 31.1 Å². The fraction of sp³-hybridized carbons (Fsp3) is 0.261. The van der Waals surface area contributed by atoms with E-state index in [-0.39, 0.29) is 18.2 Å². The SMILES string of the molecule is CSc1ccc(N2CC(C(=O)Nc3cccc(OCCn4ccnc4)c3)CC2=O)cc1. The van der Waals surface area contributed by atoms with E-state index in [9.17, 15) is 9.59 Å². The highest BCUT2D eigenvalue weighted by Gasteiger charge is 2.35. The van der Waals surface area contributed by atoms with Crippen LogP contribution < -0.4 is 15.0 Å². The van der Waals surface area contributed by atoms with Gasteiger partial charge in [-0.25, -0.2) is 4.98 Å². The topological polar surface area (TPSA) is 76.5 Å². The van der Waals surface area contributed by atoms with Gasteiger partial charge in [0.15, 0.2) is 0 Å². The number of rotatable bonds is 8. The van der Waals surface area contributed by atoms with Crippen LogP contribution in [0.25, 0.3) is 0 Å². The molecule has 4 rings (SSSR count). The lowest BCUT2D eigenvalue weighted by atomic mass is 10.1. The average Bonchev–Trinajstić information content (AvgIpc) is 3.44. The molecule has 1 atom stereocenters. The fourth-order valence-corrected chi connectivity index (χ4v) is 3.90. The minimum atomic E-state index is -0.390. The van der Waals surface area contributed by atoms with Gasteiger partial charge in [-0.1, -0.05) is 6.07 Å². The maximum Gasteiger partial charge on any atom is 0.229 e. The maximum absolute atomic E-state index is 12.8. The number of ether oxygens (including phenoxy) is 1. The number of thioether (sulfide) groups is 1. The van der Waals surface area contributed by atoms with Gasteiger partial charge in [0, 0.05) is 47.7 Å². The van der Waals surface area contributed by atoms with Crippen LogP contribution in [-0.4, -0.2) is 40.8 Å². The molecule has 2 heterocycles. The van der Waals surface area contributed by atoms with E-state index in [2.05, 4.69) is 10.3 Å². The molecule has 7 nitrogen and oxygen atoms in total. The van der Waals surface area contributed by atoms with E-state index in [0.717, 1.165) is 10.6 Å². The Morgan fingerprint density at radius 3 is 2.84 bits per heavy atom. The molecule has 1 aliphatic rings. The Balaban J connectivity index is 1.33. The quantitative estimate of drug-likeness (QED) is 0.545. The van der Waals surface area contributed by atoms with Crippen molar-refractivity contribution in [2.24, 2.45) is 5.92 Å². The first kappa shape index (κ1) is 21.0. The van der Waals surface area contributed by atoms with Crippen molar-refractivity contribution in [3.63, 3.8) is 0 Å². The molecule has 1 saturated heterocycles. The summed E-state index contributed by atoms with van der Waals surface area (Å²) < 4.78 is 7.71. The lowest BCUT2D eigenvalue weighted by Crippen LogP contribution is -2.28. The van der Waals surface area contributed by atoms with Crippen LogP contribution in [0.1, 0.15) is 6.42 Å². The Bertz CT molecular complexity index is 1040. The number of nitrogens with one attached hydrogen (secondary N) is 1. The molecule has 2 amide bonds. The zero-order valence-corrected chi connectivity index (χ0v) is 18.0. The summed E-state index contributed by atoms with van der Waals surface area (Å²) in [5.74, 6) is 0.0928. The number of carbonyl (C=O) groups excluding carboxylic acids is 2. The second-order valence-electron chi connectivity index (χ2n) is 7.27. The van der Waals surface area contributed by atoms with Crippen molar-refractivity contribution in [2.45, 2.75) is 17.9 Å². The number of imidazole rings is 1. The monoisotopic (exact) mass is 436 g/mol. The predicted molar refractivity (Wildman–Crippen MR) is 121 cm³/mol. The average molecular weight is 437 g/mol. The van der Waals surface area contributed by atoms with Gasteiger partial charge in [0.05, 0.1) is 18.8 Å². The molecular formula is C23H24N4O3S. The van der Waals surface area contributed by atoms with Gasteiger partial charge >= 0.3 is 0 Å². The third kappa shape index (κ3) is 5.27. The summed E-state index contributed by atoms with van der Waals surface area (Å²) in [6, 6.07) is 15.1. The first-order valence-corrected chi connectivity index (χ1v) is 11.3. The molecule has 8 heteroatoms. The van der Waals surface area contributed by atoms with Gasteiger partial charge in [0.2, 0.25) is 11.8 Å². The van der Waals surface area contributed by atoms with Crippen LogP contribution in [0.15, 0.2) is 72.1 Å². The Morgan fingerprint density at radius 2 is 2.10 bits per heavy atom. The predicted octanol–water partition coefficient (Wildman–Crippen LogP) is 3.68. The van der Waals surface area contributed by atoms with Crippen LogP contribution in [0, 0.1) is 5.92 Å². The summed E-state index contributed by atoms with van der Waals surface area (Å²) in [5, 5.41) is 2.92. The third-order valence-corrected chi connectivity index (χ3v) is 5.90. The van der Waals surface area contributed by atoms with E-state index in [1.807, 2.05) is 59.5 Å². The molecule has 0 saturated carbocycles. The second kappa shape index (κ2) is 9.70. The number of aromatic nitrogens is 2. The van der Waals surface area contributed by atoms with Gasteiger partial charge in [0.1, 0.15) is 12.4 Å². The van der Waals surface area contributed by atoms with Gasteiger partial charge in [0.25, 0.3) is 0 Å². The standard InChI is InChI=1S/C23H24N4O3S/c1-31-21-7-5-19(6-8-21)27-15-17(13-22(27)28)23(29)25-18-3-2-4-20(14-18)30-12-11-26-10-9-24-16-26/h2-10,14,16-17H,11-13,15H2,1H3,(H,25,29). The number of hydrogen-bond donors (Lipinski definition) is 1. The van der Waals surface area contributed by atoms with Crippen molar-refractivity contribution >= 4 is 35.0 Å². The summed E-state index contributed by atoms with van der Waals surface area (Å²) in [6.45, 7) is 1.56.